The molecule has 1 amide bonds. The molecule has 2 heterocycles. The number of aryl methyl sites for hydroxylation is 2. The molecule has 0 aliphatic carbocycles. The Morgan fingerprint density at radius 2 is 1.88 bits per heavy atom. The van der Waals surface area contributed by atoms with E-state index < -0.39 is 11.4 Å². The minimum atomic E-state index is -0.964. The minimum Gasteiger partial charge on any atom is -0.385 e. The van der Waals surface area contributed by atoms with Gasteiger partial charge in [0.25, 0.3) is 5.91 Å². The van der Waals surface area contributed by atoms with Crippen molar-refractivity contribution in [2.45, 2.75) is 39.3 Å². The van der Waals surface area contributed by atoms with E-state index in [0.717, 1.165) is 5.56 Å². The number of nitrogens with zero attached hydrogens (tertiary/aromatic N) is 5. The average molecular weight is 457 g/mol. The van der Waals surface area contributed by atoms with Crippen molar-refractivity contribution >= 4 is 28.3 Å². The lowest BCUT2D eigenvalue weighted by Crippen LogP contribution is -2.70. The molecule has 0 radical (unpaired) electrons. The number of rotatable bonds is 5. The summed E-state index contributed by atoms with van der Waals surface area (Å²) >= 11 is 0. The van der Waals surface area contributed by atoms with E-state index in [2.05, 4.69) is 15.6 Å². The zero-order valence-electron chi connectivity index (χ0n) is 20.3. The largest absolute Gasteiger partial charge is 0.385 e. The molecule has 1 saturated heterocycles. The van der Waals surface area contributed by atoms with Gasteiger partial charge in [0, 0.05) is 13.1 Å². The predicted molar refractivity (Wildman–Crippen MR) is 128 cm³/mol. The predicted octanol–water partition coefficient (Wildman–Crippen LogP) is 3.32. The third kappa shape index (κ3) is 4.69. The lowest BCUT2D eigenvalue weighted by molar-refractivity contribution is -0.120. The molecule has 4 rings (SSSR count). The molecule has 1 aliphatic heterocycles. The summed E-state index contributed by atoms with van der Waals surface area (Å²) in [4.78, 5) is 16.9. The summed E-state index contributed by atoms with van der Waals surface area (Å²) in [6.45, 7) is 8.20. The van der Waals surface area contributed by atoms with Crippen LogP contribution in [0.1, 0.15) is 36.7 Å². The second-order valence-corrected chi connectivity index (χ2v) is 8.61. The van der Waals surface area contributed by atoms with E-state index in [4.69, 9.17) is 0 Å². The minimum absolute atomic E-state index is 0.0976. The molecule has 2 N–H and O–H groups in total. The van der Waals surface area contributed by atoms with Gasteiger partial charge in [-0.2, -0.15) is 0 Å². The number of fused-ring (bicyclic) bond motifs is 1. The Morgan fingerprint density at radius 3 is 2.48 bits per heavy atom. The molecule has 3 aromatic rings. The van der Waals surface area contributed by atoms with Gasteiger partial charge in [-0.15, -0.1) is 5.10 Å². The fourth-order valence-electron chi connectivity index (χ4n) is 3.90. The van der Waals surface area contributed by atoms with Crippen molar-refractivity contribution in [2.24, 2.45) is 7.05 Å². The topological polar surface area (TPSA) is 86.5 Å². The van der Waals surface area contributed by atoms with E-state index in [0.29, 0.717) is 22.3 Å². The maximum Gasteiger partial charge on any atom is 0.256 e. The number of carbonyl (C=O) groups is 1. The molecule has 1 atom stereocenters. The van der Waals surface area contributed by atoms with Crippen molar-refractivity contribution in [3.8, 4) is 0 Å². The van der Waals surface area contributed by atoms with Gasteiger partial charge in [-0.3, -0.25) is 4.79 Å². The van der Waals surface area contributed by atoms with Gasteiger partial charge in [0.15, 0.2) is 0 Å². The Hall–Kier alpha value is -3.04. The molecule has 1 unspecified atom stereocenters. The first-order valence-electron chi connectivity index (χ1n) is 11.1. The summed E-state index contributed by atoms with van der Waals surface area (Å²) < 4.78 is 16.0. The van der Waals surface area contributed by atoms with Gasteiger partial charge in [-0.05, 0) is 57.8 Å². The molecule has 178 valence electrons. The normalized spacial score (nSPS) is 15.6. The van der Waals surface area contributed by atoms with E-state index in [1.807, 2.05) is 46.7 Å². The van der Waals surface area contributed by atoms with Crippen LogP contribution in [0.4, 0.5) is 15.8 Å². The highest BCUT2D eigenvalue weighted by molar-refractivity contribution is 6.04. The van der Waals surface area contributed by atoms with Crippen LogP contribution in [0.3, 0.4) is 0 Å². The number of halogens is 1. The van der Waals surface area contributed by atoms with Crippen molar-refractivity contribution < 1.29 is 14.3 Å². The molecular weight excluding hydrogens is 423 g/mol. The standard InChI is InChI=1S/C22H27FN6O2.C2H6/c1-13-6-7-17(16(23)8-13)24-18-10-19-20(28(5)26-25-19)9-15(18)21(30)29-11-22(31,12-29)14(2)27(3)4;1-2/h6-10,14,24,31H,11-12H2,1-5H3;1-2H3. The number of amides is 1. The number of anilines is 2. The molecule has 0 saturated carbocycles. The number of nitrogens with one attached hydrogen (secondary N) is 1. The number of hydrogen-bond donors (Lipinski definition) is 2. The highest BCUT2D eigenvalue weighted by Gasteiger charge is 2.48. The Kier molecular flexibility index (Phi) is 7.04. The Balaban J connectivity index is 0.00000149. The van der Waals surface area contributed by atoms with E-state index in [1.165, 1.54) is 6.07 Å². The summed E-state index contributed by atoms with van der Waals surface area (Å²) in [7, 11) is 5.54. The van der Waals surface area contributed by atoms with Crippen LogP contribution in [0.2, 0.25) is 0 Å². The van der Waals surface area contributed by atoms with Crippen LogP contribution >= 0.6 is 0 Å². The van der Waals surface area contributed by atoms with Gasteiger partial charge in [-0.25, -0.2) is 9.07 Å². The third-order valence-electron chi connectivity index (χ3n) is 6.14. The number of likely N-dealkylation sites (N-methyl/N-ethyl adjacent to an activating group) is 1. The number of benzene rings is 2. The van der Waals surface area contributed by atoms with E-state index in [9.17, 15) is 14.3 Å². The summed E-state index contributed by atoms with van der Waals surface area (Å²) in [6, 6.07) is 8.18. The molecule has 33 heavy (non-hydrogen) atoms. The maximum absolute atomic E-state index is 14.5. The van der Waals surface area contributed by atoms with Gasteiger partial charge < -0.3 is 20.2 Å². The molecule has 0 bridgehead atoms. The number of aromatic nitrogens is 3. The van der Waals surface area contributed by atoms with Gasteiger partial charge in [0.1, 0.15) is 16.9 Å². The Labute approximate surface area is 194 Å². The summed E-state index contributed by atoms with van der Waals surface area (Å²) in [6.07, 6.45) is 0. The van der Waals surface area contributed by atoms with Gasteiger partial charge in [0.2, 0.25) is 0 Å². The summed E-state index contributed by atoms with van der Waals surface area (Å²) in [5.74, 6) is -0.649. The van der Waals surface area contributed by atoms with Crippen LogP contribution < -0.4 is 5.32 Å². The molecule has 8 nitrogen and oxygen atoms in total. The van der Waals surface area contributed by atoms with Crippen molar-refractivity contribution in [3.63, 3.8) is 0 Å². The van der Waals surface area contributed by atoms with Crippen molar-refractivity contribution in [1.82, 2.24) is 24.8 Å². The second-order valence-electron chi connectivity index (χ2n) is 8.61. The Bertz CT molecular complexity index is 1150. The van der Waals surface area contributed by atoms with Crippen LogP contribution in [-0.2, 0) is 7.05 Å². The maximum atomic E-state index is 14.5. The fourth-order valence-corrected chi connectivity index (χ4v) is 3.90. The summed E-state index contributed by atoms with van der Waals surface area (Å²) in [5, 5.41) is 22.0. The first-order valence-corrected chi connectivity index (χ1v) is 11.1. The SMILES string of the molecule is CC.Cc1ccc(Nc2cc3nnn(C)c3cc2C(=O)N2CC(O)(C(C)N(C)C)C2)c(F)c1. The summed E-state index contributed by atoms with van der Waals surface area (Å²) in [5.41, 5.74) is 2.21. The van der Waals surface area contributed by atoms with Crippen LogP contribution in [-0.4, -0.2) is 74.6 Å². The van der Waals surface area contributed by atoms with Crippen LogP contribution in [0, 0.1) is 12.7 Å². The molecule has 1 aliphatic rings. The van der Waals surface area contributed by atoms with Crippen molar-refractivity contribution in [2.75, 3.05) is 32.5 Å². The van der Waals surface area contributed by atoms with Crippen LogP contribution in [0.15, 0.2) is 30.3 Å². The fraction of sp³-hybridized carbons (Fsp3) is 0.458. The van der Waals surface area contributed by atoms with Crippen molar-refractivity contribution in [1.29, 1.82) is 0 Å². The van der Waals surface area contributed by atoms with Gasteiger partial charge in [-0.1, -0.05) is 25.1 Å². The zero-order valence-corrected chi connectivity index (χ0v) is 20.3. The van der Waals surface area contributed by atoms with Crippen LogP contribution in [0.25, 0.3) is 11.0 Å². The Morgan fingerprint density at radius 1 is 1.21 bits per heavy atom. The monoisotopic (exact) mass is 456 g/mol. The first kappa shape index (κ1) is 24.6. The van der Waals surface area contributed by atoms with Gasteiger partial charge >= 0.3 is 0 Å². The van der Waals surface area contributed by atoms with Crippen LogP contribution in [0.5, 0.6) is 0 Å². The highest BCUT2D eigenvalue weighted by atomic mass is 19.1. The second kappa shape index (κ2) is 9.44. The first-order chi connectivity index (χ1) is 15.6. The number of β-amino-alcohol motifs (C(OH)–C–C–N with tert-alkyl or cyclic N) is 1. The molecular formula is C24H33FN6O2. The number of carbonyl (C=O) groups excluding carboxylic acids is 1. The highest BCUT2D eigenvalue weighted by Crippen LogP contribution is 2.33. The van der Waals surface area contributed by atoms with E-state index in [-0.39, 0.29) is 30.7 Å². The van der Waals surface area contributed by atoms with Crippen molar-refractivity contribution in [3.05, 3.63) is 47.3 Å². The average Bonchev–Trinajstić information content (AvgIpc) is 3.13. The molecule has 1 fully saturated rings. The zero-order chi connectivity index (χ0) is 24.5. The molecule has 9 heteroatoms. The quantitative estimate of drug-likeness (QED) is 0.613. The van der Waals surface area contributed by atoms with E-state index in [1.54, 1.807) is 40.9 Å². The number of likely N-dealkylation sites (tertiary alicyclic amines) is 1. The number of aliphatic hydroxyl groups is 1. The lowest BCUT2D eigenvalue weighted by atomic mass is 9.85. The van der Waals surface area contributed by atoms with Gasteiger partial charge in [0.05, 0.1) is 35.5 Å². The number of hydrogen-bond acceptors (Lipinski definition) is 6. The smallest absolute Gasteiger partial charge is 0.256 e. The lowest BCUT2D eigenvalue weighted by Gasteiger charge is -2.51. The molecule has 0 spiro atoms. The molecule has 2 aromatic carbocycles. The molecule has 1 aromatic heterocycles. The third-order valence-corrected chi connectivity index (χ3v) is 6.14. The van der Waals surface area contributed by atoms with E-state index >= 15 is 0 Å².